The van der Waals surface area contributed by atoms with Crippen molar-refractivity contribution >= 4 is 16.5 Å². The Kier molecular flexibility index (Phi) is 4.41. The molecule has 0 radical (unpaired) electrons. The number of hydrogen-bond acceptors (Lipinski definition) is 1. The molecule has 0 N–H and O–H groups in total. The van der Waals surface area contributed by atoms with E-state index in [1.807, 2.05) is 12.1 Å². The van der Waals surface area contributed by atoms with Gasteiger partial charge in [0.1, 0.15) is 5.82 Å². The highest BCUT2D eigenvalue weighted by Gasteiger charge is 2.21. The zero-order valence-corrected chi connectivity index (χ0v) is 15.6. The van der Waals surface area contributed by atoms with E-state index < -0.39 is 0 Å². The summed E-state index contributed by atoms with van der Waals surface area (Å²) >= 11 is 0. The lowest BCUT2D eigenvalue weighted by atomic mass is 10.1. The molecule has 2 heterocycles. The maximum absolute atomic E-state index is 13.2. The number of hydrogen-bond donors (Lipinski definition) is 0. The van der Waals surface area contributed by atoms with Crippen molar-refractivity contribution in [2.24, 2.45) is 0 Å². The number of fused-ring (bicyclic) bond motifs is 3. The Morgan fingerprint density at radius 3 is 2.58 bits per heavy atom. The van der Waals surface area contributed by atoms with Gasteiger partial charge in [0.25, 0.3) is 0 Å². The summed E-state index contributed by atoms with van der Waals surface area (Å²) in [7, 11) is 2.20. The van der Waals surface area contributed by atoms with Crippen LogP contribution in [0.4, 0.5) is 4.39 Å². The number of benzene rings is 2. The molecule has 0 bridgehead atoms. The third-order valence-corrected chi connectivity index (χ3v) is 5.52. The molecule has 2 nitrogen and oxygen atoms in total. The van der Waals surface area contributed by atoms with Gasteiger partial charge in [-0.25, -0.2) is 4.39 Å². The van der Waals surface area contributed by atoms with Gasteiger partial charge in [0.2, 0.25) is 0 Å². The molecule has 2 aromatic carbocycles. The van der Waals surface area contributed by atoms with Gasteiger partial charge in [0.15, 0.2) is 0 Å². The van der Waals surface area contributed by atoms with Crippen LogP contribution in [0.2, 0.25) is 0 Å². The molecular weight excluding hydrogens is 323 g/mol. The van der Waals surface area contributed by atoms with Crippen molar-refractivity contribution in [2.45, 2.75) is 26.3 Å². The third kappa shape index (κ3) is 3.08. The second-order valence-corrected chi connectivity index (χ2v) is 7.45. The van der Waals surface area contributed by atoms with Crippen molar-refractivity contribution < 1.29 is 4.39 Å². The predicted octanol–water partition coefficient (Wildman–Crippen LogP) is 4.83. The summed E-state index contributed by atoms with van der Waals surface area (Å²) in [5.74, 6) is -0.208. The van der Waals surface area contributed by atoms with Gasteiger partial charge in [-0.1, -0.05) is 30.3 Å². The Hall–Kier alpha value is -2.39. The topological polar surface area (TPSA) is 8.17 Å². The van der Waals surface area contributed by atoms with Crippen LogP contribution in [0.3, 0.4) is 0 Å². The highest BCUT2D eigenvalue weighted by molar-refractivity contribution is 5.87. The largest absolute Gasteiger partial charge is 0.340 e. The molecule has 0 spiro atoms. The second kappa shape index (κ2) is 6.73. The fourth-order valence-corrected chi connectivity index (χ4v) is 4.02. The molecule has 26 heavy (non-hydrogen) atoms. The summed E-state index contributed by atoms with van der Waals surface area (Å²) in [5.41, 5.74) is 7.52. The lowest BCUT2D eigenvalue weighted by Gasteiger charge is -2.15. The Balaban J connectivity index is 1.79. The van der Waals surface area contributed by atoms with Crippen molar-refractivity contribution in [3.05, 3.63) is 77.2 Å². The average molecular weight is 348 g/mol. The van der Waals surface area contributed by atoms with Crippen LogP contribution in [0.25, 0.3) is 16.5 Å². The Morgan fingerprint density at radius 1 is 1.08 bits per heavy atom. The monoisotopic (exact) mass is 348 g/mol. The van der Waals surface area contributed by atoms with E-state index in [0.29, 0.717) is 0 Å². The van der Waals surface area contributed by atoms with Crippen molar-refractivity contribution in [3.63, 3.8) is 0 Å². The first-order valence-electron chi connectivity index (χ1n) is 9.26. The van der Waals surface area contributed by atoms with Crippen LogP contribution < -0.4 is 0 Å². The maximum Gasteiger partial charge on any atom is 0.123 e. The molecule has 0 saturated carbocycles. The molecule has 1 aromatic heterocycles. The smallest absolute Gasteiger partial charge is 0.123 e. The van der Waals surface area contributed by atoms with Gasteiger partial charge in [-0.2, -0.15) is 0 Å². The Morgan fingerprint density at radius 2 is 1.81 bits per heavy atom. The fourth-order valence-electron chi connectivity index (χ4n) is 4.02. The molecule has 0 amide bonds. The Bertz CT molecular complexity index is 966. The van der Waals surface area contributed by atoms with E-state index in [9.17, 15) is 4.39 Å². The molecule has 0 saturated heterocycles. The normalized spacial score (nSPS) is 15.0. The van der Waals surface area contributed by atoms with Gasteiger partial charge in [-0.05, 0) is 61.4 Å². The molecule has 4 rings (SSSR count). The zero-order chi connectivity index (χ0) is 18.3. The number of halogens is 1. The molecule has 0 unspecified atom stereocenters. The third-order valence-electron chi connectivity index (χ3n) is 5.52. The molecule has 1 aliphatic heterocycles. The van der Waals surface area contributed by atoms with E-state index in [1.165, 1.54) is 39.9 Å². The minimum Gasteiger partial charge on any atom is -0.340 e. The number of likely N-dealkylation sites (N-methyl/N-ethyl adjacent to an activating group) is 1. The summed E-state index contributed by atoms with van der Waals surface area (Å²) in [6.45, 7) is 9.35. The summed E-state index contributed by atoms with van der Waals surface area (Å²) in [6.07, 6.45) is 2.14. The number of rotatable bonds is 3. The van der Waals surface area contributed by atoms with Gasteiger partial charge in [0, 0.05) is 42.7 Å². The van der Waals surface area contributed by atoms with Gasteiger partial charge in [0.05, 0.1) is 0 Å². The SMILES string of the molecule is C=C(Cn1c2c(c3cc(C)ccc31)CCN(C)CC2)c1ccc(F)cc1. The van der Waals surface area contributed by atoms with Crippen LogP contribution in [0.15, 0.2) is 49.0 Å². The summed E-state index contributed by atoms with van der Waals surface area (Å²) < 4.78 is 15.7. The van der Waals surface area contributed by atoms with Crippen molar-refractivity contribution in [1.82, 2.24) is 9.47 Å². The van der Waals surface area contributed by atoms with E-state index in [-0.39, 0.29) is 5.82 Å². The highest BCUT2D eigenvalue weighted by atomic mass is 19.1. The molecule has 3 aromatic rings. The first kappa shape index (κ1) is 17.0. The van der Waals surface area contributed by atoms with Crippen LogP contribution >= 0.6 is 0 Å². The van der Waals surface area contributed by atoms with Gasteiger partial charge in [-0.3, -0.25) is 0 Å². The molecule has 0 atom stereocenters. The van der Waals surface area contributed by atoms with Crippen LogP contribution in [0.5, 0.6) is 0 Å². The number of allylic oxidation sites excluding steroid dienone is 1. The fraction of sp³-hybridized carbons (Fsp3) is 0.304. The van der Waals surface area contributed by atoms with Crippen LogP contribution in [-0.4, -0.2) is 29.6 Å². The lowest BCUT2D eigenvalue weighted by molar-refractivity contribution is 0.351. The Labute approximate surface area is 154 Å². The minimum atomic E-state index is -0.208. The van der Waals surface area contributed by atoms with Gasteiger partial charge < -0.3 is 9.47 Å². The summed E-state index contributed by atoms with van der Waals surface area (Å²) in [5, 5.41) is 1.38. The number of aryl methyl sites for hydroxylation is 1. The van der Waals surface area contributed by atoms with Gasteiger partial charge >= 0.3 is 0 Å². The van der Waals surface area contributed by atoms with Crippen molar-refractivity contribution in [3.8, 4) is 0 Å². The molecule has 3 heteroatoms. The van der Waals surface area contributed by atoms with Gasteiger partial charge in [-0.15, -0.1) is 0 Å². The van der Waals surface area contributed by atoms with Crippen molar-refractivity contribution in [1.29, 1.82) is 0 Å². The first-order valence-corrected chi connectivity index (χ1v) is 9.26. The minimum absolute atomic E-state index is 0.208. The lowest BCUT2D eigenvalue weighted by Crippen LogP contribution is -2.21. The second-order valence-electron chi connectivity index (χ2n) is 7.45. The molecule has 0 aliphatic carbocycles. The zero-order valence-electron chi connectivity index (χ0n) is 15.6. The number of nitrogens with zero attached hydrogens (tertiary/aromatic N) is 2. The van der Waals surface area contributed by atoms with Crippen LogP contribution in [0.1, 0.15) is 22.4 Å². The average Bonchev–Trinajstić information content (AvgIpc) is 2.76. The molecular formula is C23H25FN2. The van der Waals surface area contributed by atoms with Crippen molar-refractivity contribution in [2.75, 3.05) is 20.1 Å². The van der Waals surface area contributed by atoms with E-state index >= 15 is 0 Å². The molecule has 1 aliphatic rings. The standard InChI is InChI=1S/C23H25FN2/c1-16-4-9-22-21(14-16)20-10-12-25(3)13-11-23(20)26(22)15-17(2)18-5-7-19(24)8-6-18/h4-9,14H,2,10-13,15H2,1,3H3. The first-order chi connectivity index (χ1) is 12.5. The summed E-state index contributed by atoms with van der Waals surface area (Å²) in [4.78, 5) is 2.40. The quantitative estimate of drug-likeness (QED) is 0.658. The predicted molar refractivity (Wildman–Crippen MR) is 107 cm³/mol. The van der Waals surface area contributed by atoms with E-state index in [4.69, 9.17) is 0 Å². The molecule has 134 valence electrons. The van der Waals surface area contributed by atoms with E-state index in [1.54, 1.807) is 0 Å². The van der Waals surface area contributed by atoms with E-state index in [2.05, 4.69) is 48.2 Å². The highest BCUT2D eigenvalue weighted by Crippen LogP contribution is 2.31. The molecule has 0 fully saturated rings. The number of aromatic nitrogens is 1. The summed E-state index contributed by atoms with van der Waals surface area (Å²) in [6, 6.07) is 13.4. The van der Waals surface area contributed by atoms with Crippen LogP contribution in [-0.2, 0) is 19.4 Å². The van der Waals surface area contributed by atoms with Crippen LogP contribution in [0, 0.1) is 12.7 Å². The van der Waals surface area contributed by atoms with E-state index in [0.717, 1.165) is 43.6 Å². The maximum atomic E-state index is 13.2.